The Kier molecular flexibility index (Phi) is 6.12. The predicted molar refractivity (Wildman–Crippen MR) is 129 cm³/mol. The number of anilines is 2. The van der Waals surface area contributed by atoms with Gasteiger partial charge in [0.1, 0.15) is 0 Å². The highest BCUT2D eigenvalue weighted by molar-refractivity contribution is 5.91. The monoisotopic (exact) mass is 510 g/mol. The van der Waals surface area contributed by atoms with Crippen LogP contribution in [0.3, 0.4) is 0 Å². The Morgan fingerprint density at radius 3 is 2.16 bits per heavy atom. The van der Waals surface area contributed by atoms with Crippen LogP contribution in [0.15, 0.2) is 47.1 Å². The first-order chi connectivity index (χ1) is 18.1. The smallest absolute Gasteiger partial charge is 0.296 e. The molecule has 11 nitrogen and oxygen atoms in total. The fourth-order valence-corrected chi connectivity index (χ4v) is 4.56. The van der Waals surface area contributed by atoms with Gasteiger partial charge in [0, 0.05) is 39.3 Å². The number of aromatic nitrogens is 5. The largest absolute Gasteiger partial charge is 0.459 e. The first kappa shape index (κ1) is 23.3. The zero-order chi connectivity index (χ0) is 25.4. The predicted octanol–water partition coefficient (Wildman–Crippen LogP) is 2.54. The van der Waals surface area contributed by atoms with Crippen molar-refractivity contribution in [1.29, 1.82) is 0 Å². The maximum atomic E-state index is 14.1. The van der Waals surface area contributed by atoms with Gasteiger partial charge in [-0.2, -0.15) is 15.0 Å². The maximum Gasteiger partial charge on any atom is 0.296 e. The van der Waals surface area contributed by atoms with Crippen LogP contribution in [0, 0.1) is 0 Å². The lowest BCUT2D eigenvalue weighted by Gasteiger charge is -2.35. The van der Waals surface area contributed by atoms with Gasteiger partial charge in [-0.25, -0.2) is 13.8 Å². The minimum atomic E-state index is -2.82. The van der Waals surface area contributed by atoms with Crippen LogP contribution in [0.2, 0.25) is 0 Å². The molecule has 0 spiro atoms. The van der Waals surface area contributed by atoms with E-state index >= 15 is 0 Å². The summed E-state index contributed by atoms with van der Waals surface area (Å²) in [5.41, 5.74) is 0.912. The SMILES string of the molecule is O=C(c1ccco1)N1CCN(c2nc(N3CCOCC3)nc(-n3c(C(F)F)nc4ccccc43)n2)CC1. The van der Waals surface area contributed by atoms with Crippen LogP contribution in [0.1, 0.15) is 22.8 Å². The number of furan rings is 1. The third kappa shape index (κ3) is 4.46. The van der Waals surface area contributed by atoms with E-state index in [9.17, 15) is 13.6 Å². The molecule has 2 aliphatic heterocycles. The minimum absolute atomic E-state index is 0.0737. The van der Waals surface area contributed by atoms with Gasteiger partial charge in [0.2, 0.25) is 17.8 Å². The van der Waals surface area contributed by atoms with E-state index in [0.29, 0.717) is 75.4 Å². The Balaban J connectivity index is 1.37. The number of carbonyl (C=O) groups is 1. The molecule has 192 valence electrons. The summed E-state index contributed by atoms with van der Waals surface area (Å²) < 4.78 is 40.1. The molecule has 3 aromatic heterocycles. The Bertz CT molecular complexity index is 1400. The highest BCUT2D eigenvalue weighted by atomic mass is 19.3. The van der Waals surface area contributed by atoms with Crippen molar-refractivity contribution in [3.63, 3.8) is 0 Å². The van der Waals surface area contributed by atoms with Crippen molar-refractivity contribution in [2.24, 2.45) is 0 Å². The van der Waals surface area contributed by atoms with E-state index in [4.69, 9.17) is 14.1 Å². The molecule has 0 radical (unpaired) electrons. The molecule has 0 unspecified atom stereocenters. The fourth-order valence-electron chi connectivity index (χ4n) is 4.56. The molecule has 1 amide bonds. The second-order valence-electron chi connectivity index (χ2n) is 8.69. The van der Waals surface area contributed by atoms with E-state index in [1.54, 1.807) is 41.3 Å². The van der Waals surface area contributed by atoms with Gasteiger partial charge in [0.25, 0.3) is 12.3 Å². The number of amides is 1. The second kappa shape index (κ2) is 9.73. The topological polar surface area (TPSA) is 106 Å². The number of alkyl halides is 2. The zero-order valence-corrected chi connectivity index (χ0v) is 19.8. The molecule has 1 aromatic carbocycles. The molecule has 0 bridgehead atoms. The first-order valence-corrected chi connectivity index (χ1v) is 12.0. The molecule has 13 heteroatoms. The van der Waals surface area contributed by atoms with Gasteiger partial charge in [0.15, 0.2) is 11.6 Å². The van der Waals surface area contributed by atoms with Crippen molar-refractivity contribution in [1.82, 2.24) is 29.4 Å². The highest BCUT2D eigenvalue weighted by Crippen LogP contribution is 2.28. The molecule has 0 aliphatic carbocycles. The van der Waals surface area contributed by atoms with E-state index in [-0.39, 0.29) is 17.6 Å². The van der Waals surface area contributed by atoms with Gasteiger partial charge >= 0.3 is 0 Å². The van der Waals surface area contributed by atoms with Crippen molar-refractivity contribution in [2.75, 3.05) is 62.3 Å². The summed E-state index contributed by atoms with van der Waals surface area (Å²) in [4.78, 5) is 36.3. The van der Waals surface area contributed by atoms with Crippen molar-refractivity contribution in [3.8, 4) is 5.95 Å². The number of hydrogen-bond donors (Lipinski definition) is 0. The van der Waals surface area contributed by atoms with Gasteiger partial charge in [-0.3, -0.25) is 9.36 Å². The van der Waals surface area contributed by atoms with Crippen molar-refractivity contribution in [2.45, 2.75) is 6.43 Å². The van der Waals surface area contributed by atoms with Gasteiger partial charge in [-0.1, -0.05) is 12.1 Å². The van der Waals surface area contributed by atoms with Gasteiger partial charge < -0.3 is 23.9 Å². The average Bonchev–Trinajstić information content (AvgIpc) is 3.62. The van der Waals surface area contributed by atoms with Crippen LogP contribution in [-0.2, 0) is 4.74 Å². The summed E-state index contributed by atoms with van der Waals surface area (Å²) >= 11 is 0. The fraction of sp³-hybridized carbons (Fsp3) is 0.375. The summed E-state index contributed by atoms with van der Waals surface area (Å²) in [6.07, 6.45) is -1.35. The van der Waals surface area contributed by atoms with Crippen LogP contribution in [-0.4, -0.2) is 87.8 Å². The summed E-state index contributed by atoms with van der Waals surface area (Å²) in [6.45, 7) is 3.96. The number of hydrogen-bond acceptors (Lipinski definition) is 9. The van der Waals surface area contributed by atoms with Crippen molar-refractivity contribution in [3.05, 3.63) is 54.2 Å². The number of imidazole rings is 1. The van der Waals surface area contributed by atoms with Crippen molar-refractivity contribution < 1.29 is 22.7 Å². The molecule has 2 aliphatic rings. The molecule has 4 aromatic rings. The third-order valence-corrected chi connectivity index (χ3v) is 6.46. The molecular weight excluding hydrogens is 486 g/mol. The molecule has 0 saturated carbocycles. The van der Waals surface area contributed by atoms with E-state index in [1.165, 1.54) is 10.8 Å². The number of benzene rings is 1. The van der Waals surface area contributed by atoms with Crippen LogP contribution in [0.5, 0.6) is 0 Å². The molecule has 6 rings (SSSR count). The molecule has 0 atom stereocenters. The number of nitrogens with zero attached hydrogens (tertiary/aromatic N) is 8. The number of para-hydroxylation sites is 2. The number of carbonyl (C=O) groups excluding carboxylic acids is 1. The summed E-state index contributed by atoms with van der Waals surface area (Å²) in [5.74, 6) is 0.494. The van der Waals surface area contributed by atoms with E-state index in [0.717, 1.165) is 0 Å². The van der Waals surface area contributed by atoms with Crippen LogP contribution < -0.4 is 9.80 Å². The molecule has 0 N–H and O–H groups in total. The summed E-state index contributed by atoms with van der Waals surface area (Å²) in [7, 11) is 0. The number of rotatable bonds is 5. The number of halogens is 2. The molecule has 2 fully saturated rings. The van der Waals surface area contributed by atoms with Gasteiger partial charge in [0.05, 0.1) is 30.5 Å². The minimum Gasteiger partial charge on any atom is -0.459 e. The van der Waals surface area contributed by atoms with Crippen molar-refractivity contribution >= 4 is 28.8 Å². The third-order valence-electron chi connectivity index (χ3n) is 6.46. The van der Waals surface area contributed by atoms with E-state index in [2.05, 4.69) is 15.0 Å². The molecule has 5 heterocycles. The summed E-state index contributed by atoms with van der Waals surface area (Å²) in [5, 5.41) is 0. The Hall–Kier alpha value is -4.13. The van der Waals surface area contributed by atoms with E-state index in [1.807, 2.05) is 9.80 Å². The Morgan fingerprint density at radius 2 is 1.49 bits per heavy atom. The molecule has 37 heavy (non-hydrogen) atoms. The van der Waals surface area contributed by atoms with Crippen LogP contribution >= 0.6 is 0 Å². The van der Waals surface area contributed by atoms with Gasteiger partial charge in [-0.05, 0) is 24.3 Å². The highest BCUT2D eigenvalue weighted by Gasteiger charge is 2.28. The lowest BCUT2D eigenvalue weighted by atomic mass is 10.3. The molecular formula is C24H24F2N8O3. The maximum absolute atomic E-state index is 14.1. The molecule has 2 saturated heterocycles. The number of piperazine rings is 1. The number of fused-ring (bicyclic) bond motifs is 1. The first-order valence-electron chi connectivity index (χ1n) is 12.0. The van der Waals surface area contributed by atoms with E-state index < -0.39 is 12.2 Å². The number of ether oxygens (including phenoxy) is 1. The zero-order valence-electron chi connectivity index (χ0n) is 19.8. The Morgan fingerprint density at radius 1 is 0.811 bits per heavy atom. The van der Waals surface area contributed by atoms with Gasteiger partial charge in [-0.15, -0.1) is 0 Å². The standard InChI is InChI=1S/C24H24F2N8O3/c25-19(26)20-27-16-4-1-2-5-17(16)34(20)24-29-22(28-23(30-24)33-11-14-36-15-12-33)32-9-7-31(8-10-32)21(35)18-6-3-13-37-18/h1-6,13,19H,7-12,14-15H2. The normalized spacial score (nSPS) is 16.7. The van der Waals surface area contributed by atoms with Crippen LogP contribution in [0.4, 0.5) is 20.7 Å². The average molecular weight is 511 g/mol. The van der Waals surface area contributed by atoms with Crippen LogP contribution in [0.25, 0.3) is 17.0 Å². The quantitative estimate of drug-likeness (QED) is 0.400. The second-order valence-corrected chi connectivity index (χ2v) is 8.69. The number of morpholine rings is 1. The Labute approximate surface area is 210 Å². The summed E-state index contributed by atoms with van der Waals surface area (Å²) in [6, 6.07) is 10.2. The lowest BCUT2D eigenvalue weighted by Crippen LogP contribution is -2.49. The lowest BCUT2D eigenvalue weighted by molar-refractivity contribution is 0.0714.